The smallest absolute Gasteiger partial charge is 0.101 e. The lowest BCUT2D eigenvalue weighted by Crippen LogP contribution is -2.34. The molecule has 0 aliphatic carbocycles. The van der Waals surface area contributed by atoms with Crippen molar-refractivity contribution in [3.8, 4) is 0 Å². The molecule has 50 valence electrons. The standard InChI is InChI=1S/C8H14N/c1-3-9(4-2)7-5-6-8-9/h5-8H,3-4H2,1-2H3/q+1. The second-order valence-electron chi connectivity index (χ2n) is 2.42. The van der Waals surface area contributed by atoms with Crippen LogP contribution < -0.4 is 0 Å². The zero-order chi connectivity index (χ0) is 6.74. The fraction of sp³-hybridized carbons (Fsp3) is 0.500. The van der Waals surface area contributed by atoms with E-state index < -0.39 is 0 Å². The molecule has 0 aromatic heterocycles. The zero-order valence-electron chi connectivity index (χ0n) is 6.17. The summed E-state index contributed by atoms with van der Waals surface area (Å²) in [6.07, 6.45) is 8.71. The van der Waals surface area contributed by atoms with Gasteiger partial charge in [-0.1, -0.05) is 0 Å². The molecular weight excluding hydrogens is 110 g/mol. The molecule has 1 heteroatoms. The summed E-state index contributed by atoms with van der Waals surface area (Å²) in [4.78, 5) is 0. The predicted octanol–water partition coefficient (Wildman–Crippen LogP) is 1.88. The average Bonchev–Trinajstić information content (AvgIpc) is 2.36. The molecule has 0 unspecified atom stereocenters. The fourth-order valence-electron chi connectivity index (χ4n) is 1.14. The number of allylic oxidation sites excluding steroid dienone is 2. The predicted molar refractivity (Wildman–Crippen MR) is 39.6 cm³/mol. The number of nitrogens with zero attached hydrogens (tertiary/aromatic N) is 1. The Morgan fingerprint density at radius 3 is 1.67 bits per heavy atom. The van der Waals surface area contributed by atoms with Gasteiger partial charge >= 0.3 is 0 Å². The highest BCUT2D eigenvalue weighted by Crippen LogP contribution is 2.13. The van der Waals surface area contributed by atoms with Gasteiger partial charge in [-0.15, -0.1) is 0 Å². The molecule has 0 saturated carbocycles. The van der Waals surface area contributed by atoms with Crippen LogP contribution >= 0.6 is 0 Å². The van der Waals surface area contributed by atoms with Gasteiger partial charge in [-0.3, -0.25) is 4.48 Å². The van der Waals surface area contributed by atoms with E-state index in [2.05, 4.69) is 38.4 Å². The van der Waals surface area contributed by atoms with Crippen molar-refractivity contribution in [3.05, 3.63) is 24.6 Å². The van der Waals surface area contributed by atoms with Gasteiger partial charge < -0.3 is 0 Å². The molecule has 0 amide bonds. The highest BCUT2D eigenvalue weighted by molar-refractivity contribution is 5.03. The number of quaternary nitrogens is 1. The van der Waals surface area contributed by atoms with Crippen molar-refractivity contribution >= 4 is 0 Å². The van der Waals surface area contributed by atoms with Gasteiger partial charge in [0.2, 0.25) is 0 Å². The zero-order valence-corrected chi connectivity index (χ0v) is 6.17. The first-order valence-corrected chi connectivity index (χ1v) is 3.56. The maximum Gasteiger partial charge on any atom is 0.101 e. The highest BCUT2D eigenvalue weighted by Gasteiger charge is 2.18. The minimum absolute atomic E-state index is 1.03. The fourth-order valence-corrected chi connectivity index (χ4v) is 1.14. The van der Waals surface area contributed by atoms with Gasteiger partial charge in [-0.2, -0.15) is 0 Å². The van der Waals surface area contributed by atoms with E-state index in [9.17, 15) is 0 Å². The van der Waals surface area contributed by atoms with Gasteiger partial charge in [0, 0.05) is 0 Å². The third-order valence-corrected chi connectivity index (χ3v) is 2.05. The molecule has 0 bridgehead atoms. The Balaban J connectivity index is 2.69. The summed E-state index contributed by atoms with van der Waals surface area (Å²) in [5, 5.41) is 0. The summed E-state index contributed by atoms with van der Waals surface area (Å²) in [5.74, 6) is 0. The van der Waals surface area contributed by atoms with Crippen molar-refractivity contribution in [1.82, 2.24) is 0 Å². The van der Waals surface area contributed by atoms with Gasteiger partial charge in [-0.05, 0) is 26.0 Å². The Bertz CT molecular complexity index is 127. The maximum atomic E-state index is 2.24. The van der Waals surface area contributed by atoms with Gasteiger partial charge in [0.15, 0.2) is 0 Å². The van der Waals surface area contributed by atoms with E-state index in [4.69, 9.17) is 0 Å². The van der Waals surface area contributed by atoms with Crippen LogP contribution in [0.3, 0.4) is 0 Å². The monoisotopic (exact) mass is 124 g/mol. The van der Waals surface area contributed by atoms with Crippen molar-refractivity contribution in [2.24, 2.45) is 0 Å². The second-order valence-corrected chi connectivity index (χ2v) is 2.42. The minimum Gasteiger partial charge on any atom is -0.271 e. The van der Waals surface area contributed by atoms with Crippen molar-refractivity contribution in [3.63, 3.8) is 0 Å². The van der Waals surface area contributed by atoms with Crippen LogP contribution in [0.2, 0.25) is 0 Å². The molecule has 0 radical (unpaired) electrons. The third kappa shape index (κ3) is 1.06. The van der Waals surface area contributed by atoms with Crippen LogP contribution in [0, 0.1) is 0 Å². The Hall–Kier alpha value is -0.560. The van der Waals surface area contributed by atoms with Crippen LogP contribution in [0.15, 0.2) is 24.6 Å². The van der Waals surface area contributed by atoms with Crippen LogP contribution in [0.1, 0.15) is 13.8 Å². The van der Waals surface area contributed by atoms with Gasteiger partial charge in [-0.25, -0.2) is 0 Å². The summed E-state index contributed by atoms with van der Waals surface area (Å²) in [5.41, 5.74) is 0. The van der Waals surface area contributed by atoms with E-state index in [1.54, 1.807) is 0 Å². The lowest BCUT2D eigenvalue weighted by molar-refractivity contribution is -0.821. The first kappa shape index (κ1) is 6.56. The SMILES string of the molecule is CC[N+]1(CC)C=CC=C1. The summed E-state index contributed by atoms with van der Waals surface area (Å²) in [7, 11) is 0. The third-order valence-electron chi connectivity index (χ3n) is 2.05. The second kappa shape index (κ2) is 2.36. The molecule has 1 heterocycles. The van der Waals surface area contributed by atoms with Crippen LogP contribution in [-0.2, 0) is 0 Å². The molecule has 0 atom stereocenters. The van der Waals surface area contributed by atoms with Gasteiger partial charge in [0.25, 0.3) is 0 Å². The Morgan fingerprint density at radius 2 is 1.44 bits per heavy atom. The lowest BCUT2D eigenvalue weighted by Gasteiger charge is -2.24. The molecule has 1 aliphatic rings. The van der Waals surface area contributed by atoms with Crippen molar-refractivity contribution < 1.29 is 4.48 Å². The topological polar surface area (TPSA) is 0 Å². The Kier molecular flexibility index (Phi) is 1.72. The van der Waals surface area contributed by atoms with Crippen LogP contribution in [0.25, 0.3) is 0 Å². The maximum absolute atomic E-state index is 2.24. The molecule has 0 saturated heterocycles. The molecule has 1 nitrogen and oxygen atoms in total. The molecule has 1 rings (SSSR count). The summed E-state index contributed by atoms with van der Waals surface area (Å²) in [6, 6.07) is 0. The molecule has 0 aromatic rings. The van der Waals surface area contributed by atoms with E-state index >= 15 is 0 Å². The first-order valence-electron chi connectivity index (χ1n) is 3.56. The molecule has 0 spiro atoms. The molecular formula is C8H14N+. The molecule has 0 aromatic carbocycles. The summed E-state index contributed by atoms with van der Waals surface area (Å²) >= 11 is 0. The van der Waals surface area contributed by atoms with E-state index in [0.29, 0.717) is 0 Å². The molecule has 9 heavy (non-hydrogen) atoms. The number of hydrogen-bond acceptors (Lipinski definition) is 0. The van der Waals surface area contributed by atoms with Crippen LogP contribution in [0.4, 0.5) is 0 Å². The molecule has 0 fully saturated rings. The largest absolute Gasteiger partial charge is 0.271 e. The number of hydrogen-bond donors (Lipinski definition) is 0. The van der Waals surface area contributed by atoms with Crippen molar-refractivity contribution in [2.45, 2.75) is 13.8 Å². The van der Waals surface area contributed by atoms with Gasteiger partial charge in [0.05, 0.1) is 13.1 Å². The van der Waals surface area contributed by atoms with E-state index in [0.717, 1.165) is 4.48 Å². The van der Waals surface area contributed by atoms with Crippen molar-refractivity contribution in [1.29, 1.82) is 0 Å². The van der Waals surface area contributed by atoms with Gasteiger partial charge in [0.1, 0.15) is 12.4 Å². The van der Waals surface area contributed by atoms with Crippen molar-refractivity contribution in [2.75, 3.05) is 13.1 Å². The first-order chi connectivity index (χ1) is 4.33. The lowest BCUT2D eigenvalue weighted by atomic mass is 10.4. The highest BCUT2D eigenvalue weighted by atomic mass is 15.3. The quantitative estimate of drug-likeness (QED) is 0.493. The Labute approximate surface area is 56.9 Å². The molecule has 0 N–H and O–H groups in total. The normalized spacial score (nSPS) is 21.1. The van der Waals surface area contributed by atoms with E-state index in [-0.39, 0.29) is 0 Å². The summed E-state index contributed by atoms with van der Waals surface area (Å²) < 4.78 is 1.03. The minimum atomic E-state index is 1.03. The number of rotatable bonds is 2. The van der Waals surface area contributed by atoms with E-state index in [1.165, 1.54) is 13.1 Å². The summed E-state index contributed by atoms with van der Waals surface area (Å²) in [6.45, 7) is 6.76. The average molecular weight is 124 g/mol. The Morgan fingerprint density at radius 1 is 1.00 bits per heavy atom. The van der Waals surface area contributed by atoms with Crippen LogP contribution in [0.5, 0.6) is 0 Å². The van der Waals surface area contributed by atoms with E-state index in [1.807, 2.05) is 0 Å². The van der Waals surface area contributed by atoms with Crippen LogP contribution in [-0.4, -0.2) is 17.6 Å². The molecule has 1 aliphatic heterocycles.